The Labute approximate surface area is 274 Å². The number of carbonyl (C=O) groups is 2. The first-order chi connectivity index (χ1) is 22.2. The van der Waals surface area contributed by atoms with Crippen molar-refractivity contribution in [3.63, 3.8) is 0 Å². The number of aryl methyl sites for hydroxylation is 1. The number of benzene rings is 3. The number of hydrogen-bond donors (Lipinski definition) is 4. The van der Waals surface area contributed by atoms with Gasteiger partial charge >= 0.3 is 5.91 Å². The normalized spacial score (nSPS) is 14.4. The van der Waals surface area contributed by atoms with E-state index < -0.39 is 36.9 Å². The van der Waals surface area contributed by atoms with Crippen LogP contribution in [0, 0.1) is 6.92 Å². The molecule has 47 heavy (non-hydrogen) atoms. The maximum atomic E-state index is 13.6. The zero-order valence-electron chi connectivity index (χ0n) is 25.1. The van der Waals surface area contributed by atoms with E-state index in [1.165, 1.54) is 6.07 Å². The molecule has 2 amide bonds. The monoisotopic (exact) mass is 706 g/mol. The highest BCUT2D eigenvalue weighted by molar-refractivity contribution is 7.94. The van der Waals surface area contributed by atoms with E-state index in [4.69, 9.17) is 5.26 Å². The summed E-state index contributed by atoms with van der Waals surface area (Å²) in [6.45, 7) is 4.89. The van der Waals surface area contributed by atoms with Gasteiger partial charge in [-0.05, 0) is 67.9 Å². The van der Waals surface area contributed by atoms with E-state index in [2.05, 4.69) is 29.5 Å². The Hall–Kier alpha value is -4.21. The second-order valence-corrected chi connectivity index (χ2v) is 14.0. The van der Waals surface area contributed by atoms with Gasteiger partial charge < -0.3 is 10.2 Å². The number of nitrogens with zero attached hydrogens (tertiary/aromatic N) is 4. The van der Waals surface area contributed by atoms with Crippen molar-refractivity contribution < 1.29 is 45.6 Å². The van der Waals surface area contributed by atoms with Crippen LogP contribution < -0.4 is 19.9 Å². The minimum atomic E-state index is -4.77. The van der Waals surface area contributed by atoms with Crippen molar-refractivity contribution in [1.29, 1.82) is 0 Å². The van der Waals surface area contributed by atoms with E-state index in [1.54, 1.807) is 49.4 Å². The number of aliphatic imine (C=N–C) groups is 1. The topological polar surface area (TPSA) is 217 Å². The van der Waals surface area contributed by atoms with Crippen LogP contribution in [-0.4, -0.2) is 75.9 Å². The fourth-order valence-corrected chi connectivity index (χ4v) is 5.92. The summed E-state index contributed by atoms with van der Waals surface area (Å²) in [5, 5.41) is 19.8. The number of nitrogens with one attached hydrogen (secondary N) is 2. The summed E-state index contributed by atoms with van der Waals surface area (Å²) in [6, 6.07) is 16.7. The molecule has 0 spiro atoms. The molecule has 1 heterocycles. The van der Waals surface area contributed by atoms with Crippen LogP contribution in [0.4, 0.5) is 17.1 Å². The molecule has 0 atom stereocenters. The molecule has 3 aromatic rings. The van der Waals surface area contributed by atoms with Crippen molar-refractivity contribution in [1.82, 2.24) is 10.0 Å². The van der Waals surface area contributed by atoms with Crippen molar-refractivity contribution in [3.05, 3.63) is 77.9 Å². The van der Waals surface area contributed by atoms with Crippen LogP contribution >= 0.6 is 12.0 Å². The number of sulfonamides is 1. The van der Waals surface area contributed by atoms with Gasteiger partial charge in [-0.2, -0.15) is 13.4 Å². The molecule has 250 valence electrons. The first-order valence-electron chi connectivity index (χ1n) is 13.7. The van der Waals surface area contributed by atoms with Crippen LogP contribution in [0.3, 0.4) is 0 Å². The molecule has 0 fully saturated rings. The molecule has 0 aliphatic carbocycles. The minimum absolute atomic E-state index is 0.0347. The summed E-state index contributed by atoms with van der Waals surface area (Å²) in [5.41, 5.74) is 1.72. The third kappa shape index (κ3) is 9.42. The molecule has 1 aliphatic rings. The molecule has 0 saturated heterocycles. The lowest BCUT2D eigenvalue weighted by Gasteiger charge is -2.24. The predicted molar refractivity (Wildman–Crippen MR) is 175 cm³/mol. The van der Waals surface area contributed by atoms with E-state index in [9.17, 15) is 31.0 Å². The van der Waals surface area contributed by atoms with Crippen molar-refractivity contribution in [2.75, 3.05) is 35.8 Å². The second-order valence-electron chi connectivity index (χ2n) is 9.93. The molecular weight excluding hydrogens is 677 g/mol. The number of hydrazone groups is 1. The zero-order valence-corrected chi connectivity index (χ0v) is 27.6. The lowest BCUT2D eigenvalue weighted by atomic mass is 10.1. The second kappa shape index (κ2) is 15.1. The van der Waals surface area contributed by atoms with Gasteiger partial charge in [-0.1, -0.05) is 23.2 Å². The first kappa shape index (κ1) is 35.6. The van der Waals surface area contributed by atoms with Gasteiger partial charge in [0.05, 0.1) is 34.6 Å². The Morgan fingerprint density at radius 3 is 2.43 bits per heavy atom. The van der Waals surface area contributed by atoms with Gasteiger partial charge in [-0.15, -0.1) is 9.44 Å². The van der Waals surface area contributed by atoms with Crippen molar-refractivity contribution in [2.45, 2.75) is 23.6 Å². The van der Waals surface area contributed by atoms with Gasteiger partial charge in [0.15, 0.2) is 11.5 Å². The largest absolute Gasteiger partial charge is 0.370 e. The molecule has 16 nitrogen and oxygen atoms in total. The van der Waals surface area contributed by atoms with Gasteiger partial charge in [-0.25, -0.2) is 23.4 Å². The number of anilines is 2. The standard InChI is InChI=1S/C28H30N6O10S3/c1-4-33(13-12-29-46(3,38)39)21-10-11-24(18(2)14-21)30-25-26(32-34(28(25)36)20-8-6-5-7-9-20)31-27(35)19-15-22(45-44-43-37)17-23(16-19)47(40,41)42/h5-11,14-17,29,37H,4,12-13H2,1-3H3,(H,31,32,35)(H,40,41,42)/b30-25-. The predicted octanol–water partition coefficient (Wildman–Crippen LogP) is 2.91. The molecule has 0 unspecified atom stereocenters. The summed E-state index contributed by atoms with van der Waals surface area (Å²) in [4.78, 5) is 32.8. The Bertz CT molecular complexity index is 1940. The molecule has 0 radical (unpaired) electrons. The molecule has 0 bridgehead atoms. The smallest absolute Gasteiger partial charge is 0.301 e. The molecule has 0 aromatic heterocycles. The summed E-state index contributed by atoms with van der Waals surface area (Å²) >= 11 is 0.359. The zero-order chi connectivity index (χ0) is 34.4. The molecule has 1 aliphatic heterocycles. The number of carbonyl (C=O) groups excluding carboxylic acids is 2. The van der Waals surface area contributed by atoms with Crippen molar-refractivity contribution >= 4 is 72.6 Å². The third-order valence-corrected chi connectivity index (χ3v) is 8.68. The van der Waals surface area contributed by atoms with Crippen LogP contribution in [0.1, 0.15) is 22.8 Å². The average molecular weight is 707 g/mol. The molecule has 4 rings (SSSR count). The van der Waals surface area contributed by atoms with Crippen molar-refractivity contribution in [2.24, 2.45) is 10.1 Å². The molecule has 3 aromatic carbocycles. The Morgan fingerprint density at radius 2 is 1.81 bits per heavy atom. The fourth-order valence-electron chi connectivity index (χ4n) is 4.38. The number of likely N-dealkylation sites (N-methyl/N-ethyl adjacent to an activating group) is 1. The lowest BCUT2D eigenvalue weighted by molar-refractivity contribution is -0.432. The van der Waals surface area contributed by atoms with Gasteiger partial charge in [0.2, 0.25) is 10.0 Å². The Kier molecular flexibility index (Phi) is 11.5. The highest BCUT2D eigenvalue weighted by Crippen LogP contribution is 2.28. The number of amidine groups is 1. The SMILES string of the molecule is CCN(CCNS(C)(=O)=O)c1ccc(/N=C2\C(=O)N(c3ccccc3)N=C2NC(=O)c2cc(SOOO)cc(S(=O)(=O)O)c2)c(C)c1. The summed E-state index contributed by atoms with van der Waals surface area (Å²) in [5.74, 6) is -1.81. The van der Waals surface area contributed by atoms with Gasteiger partial charge in [-0.3, -0.25) is 14.1 Å². The van der Waals surface area contributed by atoms with E-state index >= 15 is 0 Å². The summed E-state index contributed by atoms with van der Waals surface area (Å²) < 4.78 is 63.0. The number of rotatable bonds is 13. The summed E-state index contributed by atoms with van der Waals surface area (Å²) in [7, 11) is -8.11. The number of para-hydroxylation sites is 1. The molecular formula is C28H30N6O10S3. The highest BCUT2D eigenvalue weighted by atomic mass is 32.2. The molecule has 4 N–H and O–H groups in total. The van der Waals surface area contributed by atoms with Gasteiger partial charge in [0, 0.05) is 35.8 Å². The maximum Gasteiger partial charge on any atom is 0.301 e. The number of hydrogen-bond acceptors (Lipinski definition) is 13. The Balaban J connectivity index is 1.69. The van der Waals surface area contributed by atoms with E-state index in [0.717, 1.165) is 29.1 Å². The molecule has 19 heteroatoms. The van der Waals surface area contributed by atoms with Crippen LogP contribution in [0.2, 0.25) is 0 Å². The van der Waals surface area contributed by atoms with Crippen LogP contribution in [-0.2, 0) is 34.3 Å². The van der Waals surface area contributed by atoms with Crippen LogP contribution in [0.5, 0.6) is 0 Å². The maximum absolute atomic E-state index is 13.6. The first-order valence-corrected chi connectivity index (χ1v) is 17.7. The van der Waals surface area contributed by atoms with Gasteiger partial charge in [0.1, 0.15) is 0 Å². The third-order valence-electron chi connectivity index (χ3n) is 6.56. The lowest BCUT2D eigenvalue weighted by Crippen LogP contribution is -2.37. The van der Waals surface area contributed by atoms with E-state index in [-0.39, 0.29) is 28.6 Å². The van der Waals surface area contributed by atoms with Crippen LogP contribution in [0.25, 0.3) is 0 Å². The quantitative estimate of drug-likeness (QED) is 0.0874. The summed E-state index contributed by atoms with van der Waals surface area (Å²) in [6.07, 6.45) is 1.08. The average Bonchev–Trinajstić information content (AvgIpc) is 3.32. The van der Waals surface area contributed by atoms with Crippen molar-refractivity contribution in [3.8, 4) is 0 Å². The van der Waals surface area contributed by atoms with Gasteiger partial charge in [0.25, 0.3) is 16.0 Å². The van der Waals surface area contributed by atoms with Crippen LogP contribution in [0.15, 0.2) is 86.6 Å². The molecule has 0 saturated carbocycles. The van der Waals surface area contributed by atoms with E-state index in [0.29, 0.717) is 42.1 Å². The minimum Gasteiger partial charge on any atom is -0.370 e. The van der Waals surface area contributed by atoms with E-state index in [1.807, 2.05) is 17.9 Å². The highest BCUT2D eigenvalue weighted by Gasteiger charge is 2.35. The number of amides is 2. The Morgan fingerprint density at radius 1 is 1.09 bits per heavy atom. The fraction of sp³-hybridized carbons (Fsp3) is 0.214.